The molecule has 0 saturated carbocycles. The molecule has 0 aromatic heterocycles. The third-order valence-corrected chi connectivity index (χ3v) is 2.90. The standard InChI is InChI=1S/C13H25N/c1-4-13(10-12(2)3)11-14-8-6-5-7-9-14/h10,12H,4-9,11H2,1-3H3/b13-10+. The molecule has 0 atom stereocenters. The highest BCUT2D eigenvalue weighted by Crippen LogP contribution is 2.13. The Bertz CT molecular complexity index is 176. The van der Waals surface area contributed by atoms with Crippen LogP contribution in [0.5, 0.6) is 0 Å². The van der Waals surface area contributed by atoms with E-state index in [1.54, 1.807) is 5.57 Å². The lowest BCUT2D eigenvalue weighted by molar-refractivity contribution is 0.244. The average Bonchev–Trinajstić information content (AvgIpc) is 2.17. The van der Waals surface area contributed by atoms with Crippen LogP contribution in [0.25, 0.3) is 0 Å². The van der Waals surface area contributed by atoms with Crippen LogP contribution < -0.4 is 0 Å². The van der Waals surface area contributed by atoms with Gasteiger partial charge < -0.3 is 0 Å². The average molecular weight is 195 g/mol. The van der Waals surface area contributed by atoms with Gasteiger partial charge in [0.15, 0.2) is 0 Å². The van der Waals surface area contributed by atoms with Crippen molar-refractivity contribution in [3.8, 4) is 0 Å². The van der Waals surface area contributed by atoms with Crippen LogP contribution in [0, 0.1) is 5.92 Å². The molecule has 0 aliphatic carbocycles. The van der Waals surface area contributed by atoms with Crippen molar-refractivity contribution in [2.45, 2.75) is 46.5 Å². The summed E-state index contributed by atoms with van der Waals surface area (Å²) in [5, 5.41) is 0. The molecule has 0 unspecified atom stereocenters. The third-order valence-electron chi connectivity index (χ3n) is 2.90. The largest absolute Gasteiger partial charge is 0.299 e. The normalized spacial score (nSPS) is 20.4. The van der Waals surface area contributed by atoms with Crippen molar-refractivity contribution in [1.82, 2.24) is 4.90 Å². The first kappa shape index (κ1) is 11.8. The van der Waals surface area contributed by atoms with Crippen LogP contribution in [-0.4, -0.2) is 24.5 Å². The number of likely N-dealkylation sites (tertiary alicyclic amines) is 1. The number of nitrogens with zero attached hydrogens (tertiary/aromatic N) is 1. The van der Waals surface area contributed by atoms with Crippen molar-refractivity contribution < 1.29 is 0 Å². The van der Waals surface area contributed by atoms with Crippen molar-refractivity contribution in [3.63, 3.8) is 0 Å². The van der Waals surface area contributed by atoms with Crippen molar-refractivity contribution in [2.24, 2.45) is 5.92 Å². The van der Waals surface area contributed by atoms with Crippen LogP contribution in [0.15, 0.2) is 11.6 Å². The maximum atomic E-state index is 2.61. The molecule has 1 rings (SSSR count). The number of allylic oxidation sites excluding steroid dienone is 1. The topological polar surface area (TPSA) is 3.24 Å². The Morgan fingerprint density at radius 2 is 1.86 bits per heavy atom. The SMILES string of the molecule is CC/C(=C\C(C)C)CN1CCCCC1. The summed E-state index contributed by atoms with van der Waals surface area (Å²) >= 11 is 0. The van der Waals surface area contributed by atoms with Gasteiger partial charge in [-0.05, 0) is 38.3 Å². The summed E-state index contributed by atoms with van der Waals surface area (Å²) in [6.07, 6.45) is 7.90. The molecule has 1 nitrogen and oxygen atoms in total. The van der Waals surface area contributed by atoms with Gasteiger partial charge in [-0.25, -0.2) is 0 Å². The number of piperidine rings is 1. The second-order valence-electron chi connectivity index (χ2n) is 4.76. The molecule has 1 aliphatic rings. The van der Waals surface area contributed by atoms with Crippen LogP contribution in [0.2, 0.25) is 0 Å². The molecule has 0 radical (unpaired) electrons. The maximum absolute atomic E-state index is 2.61. The molecule has 1 heteroatoms. The van der Waals surface area contributed by atoms with Gasteiger partial charge in [-0.2, -0.15) is 0 Å². The molecule has 82 valence electrons. The van der Waals surface area contributed by atoms with E-state index in [4.69, 9.17) is 0 Å². The summed E-state index contributed by atoms with van der Waals surface area (Å²) in [6.45, 7) is 10.7. The molecule has 1 fully saturated rings. The summed E-state index contributed by atoms with van der Waals surface area (Å²) in [5.74, 6) is 0.703. The minimum atomic E-state index is 0.703. The monoisotopic (exact) mass is 195 g/mol. The lowest BCUT2D eigenvalue weighted by Gasteiger charge is -2.27. The number of hydrogen-bond donors (Lipinski definition) is 0. The van der Waals surface area contributed by atoms with Gasteiger partial charge in [0.05, 0.1) is 0 Å². The van der Waals surface area contributed by atoms with Gasteiger partial charge in [0.25, 0.3) is 0 Å². The van der Waals surface area contributed by atoms with Crippen molar-refractivity contribution in [2.75, 3.05) is 19.6 Å². The second kappa shape index (κ2) is 6.23. The first-order valence-electron chi connectivity index (χ1n) is 6.14. The van der Waals surface area contributed by atoms with E-state index in [9.17, 15) is 0 Å². The van der Waals surface area contributed by atoms with Crippen LogP contribution in [0.1, 0.15) is 46.5 Å². The fraction of sp³-hybridized carbons (Fsp3) is 0.846. The van der Waals surface area contributed by atoms with E-state index in [0.29, 0.717) is 5.92 Å². The van der Waals surface area contributed by atoms with Crippen LogP contribution in [-0.2, 0) is 0 Å². The highest BCUT2D eigenvalue weighted by atomic mass is 15.1. The zero-order valence-electron chi connectivity index (χ0n) is 10.1. The Hall–Kier alpha value is -0.300. The zero-order chi connectivity index (χ0) is 10.4. The van der Waals surface area contributed by atoms with Gasteiger partial charge in [0.1, 0.15) is 0 Å². The Morgan fingerprint density at radius 3 is 2.36 bits per heavy atom. The molecule has 1 saturated heterocycles. The molecule has 1 heterocycles. The molecule has 0 N–H and O–H groups in total. The first-order valence-corrected chi connectivity index (χ1v) is 6.14. The smallest absolute Gasteiger partial charge is 0.0192 e. The van der Waals surface area contributed by atoms with E-state index in [2.05, 4.69) is 31.7 Å². The maximum Gasteiger partial charge on any atom is 0.0192 e. The highest BCUT2D eigenvalue weighted by molar-refractivity contribution is 5.05. The first-order chi connectivity index (χ1) is 6.72. The van der Waals surface area contributed by atoms with E-state index in [1.807, 2.05) is 0 Å². The van der Waals surface area contributed by atoms with Crippen molar-refractivity contribution >= 4 is 0 Å². The number of rotatable bonds is 4. The van der Waals surface area contributed by atoms with Crippen LogP contribution in [0.4, 0.5) is 0 Å². The Kier molecular flexibility index (Phi) is 5.24. The quantitative estimate of drug-likeness (QED) is 0.621. The second-order valence-corrected chi connectivity index (χ2v) is 4.76. The van der Waals surface area contributed by atoms with Gasteiger partial charge in [0.2, 0.25) is 0 Å². The molecule has 0 amide bonds. The lowest BCUT2D eigenvalue weighted by Crippen LogP contribution is -2.31. The predicted molar refractivity (Wildman–Crippen MR) is 63.5 cm³/mol. The summed E-state index contributed by atoms with van der Waals surface area (Å²) in [5.41, 5.74) is 1.63. The van der Waals surface area contributed by atoms with Gasteiger partial charge in [-0.1, -0.05) is 38.8 Å². The molecule has 14 heavy (non-hydrogen) atoms. The fourth-order valence-corrected chi connectivity index (χ4v) is 2.16. The fourth-order valence-electron chi connectivity index (χ4n) is 2.16. The summed E-state index contributed by atoms with van der Waals surface area (Å²) in [6, 6.07) is 0. The van der Waals surface area contributed by atoms with E-state index in [1.165, 1.54) is 45.3 Å². The molecular weight excluding hydrogens is 170 g/mol. The predicted octanol–water partition coefficient (Wildman–Crippen LogP) is 3.46. The highest BCUT2D eigenvalue weighted by Gasteiger charge is 2.10. The molecule has 0 aromatic rings. The Morgan fingerprint density at radius 1 is 1.21 bits per heavy atom. The van der Waals surface area contributed by atoms with Gasteiger partial charge >= 0.3 is 0 Å². The molecule has 0 bridgehead atoms. The number of hydrogen-bond acceptors (Lipinski definition) is 1. The molecule has 0 spiro atoms. The van der Waals surface area contributed by atoms with Crippen molar-refractivity contribution in [1.29, 1.82) is 0 Å². The summed E-state index contributed by atoms with van der Waals surface area (Å²) in [7, 11) is 0. The Labute approximate surface area is 89.2 Å². The van der Waals surface area contributed by atoms with Gasteiger partial charge in [-0.3, -0.25) is 4.90 Å². The van der Waals surface area contributed by atoms with E-state index < -0.39 is 0 Å². The van der Waals surface area contributed by atoms with Crippen LogP contribution >= 0.6 is 0 Å². The summed E-state index contributed by atoms with van der Waals surface area (Å²) < 4.78 is 0. The summed E-state index contributed by atoms with van der Waals surface area (Å²) in [4.78, 5) is 2.61. The third kappa shape index (κ3) is 4.28. The zero-order valence-corrected chi connectivity index (χ0v) is 10.1. The van der Waals surface area contributed by atoms with E-state index in [0.717, 1.165) is 0 Å². The van der Waals surface area contributed by atoms with Gasteiger partial charge in [-0.15, -0.1) is 0 Å². The lowest BCUT2D eigenvalue weighted by atomic mass is 10.0. The van der Waals surface area contributed by atoms with Crippen molar-refractivity contribution in [3.05, 3.63) is 11.6 Å². The minimum Gasteiger partial charge on any atom is -0.299 e. The minimum absolute atomic E-state index is 0.703. The van der Waals surface area contributed by atoms with Crippen LogP contribution in [0.3, 0.4) is 0 Å². The molecule has 1 aliphatic heterocycles. The molecular formula is C13H25N. The van der Waals surface area contributed by atoms with E-state index >= 15 is 0 Å². The Balaban J connectivity index is 2.38. The molecule has 0 aromatic carbocycles. The van der Waals surface area contributed by atoms with E-state index in [-0.39, 0.29) is 0 Å². The van der Waals surface area contributed by atoms with Gasteiger partial charge in [0, 0.05) is 6.54 Å².